The lowest BCUT2D eigenvalue weighted by Gasteiger charge is -2.12. The summed E-state index contributed by atoms with van der Waals surface area (Å²) in [5, 5.41) is 6.62. The first-order valence-electron chi connectivity index (χ1n) is 10.2. The molecule has 3 N–H and O–H groups in total. The van der Waals surface area contributed by atoms with Gasteiger partial charge in [0.2, 0.25) is 5.95 Å². The Morgan fingerprint density at radius 2 is 1.78 bits per heavy atom. The molecule has 0 aliphatic rings. The molecule has 0 radical (unpaired) electrons. The number of rotatable bonds is 6. The van der Waals surface area contributed by atoms with E-state index in [9.17, 15) is 0 Å². The first-order chi connectivity index (χ1) is 15.7. The Kier molecular flexibility index (Phi) is 5.13. The Hall–Kier alpha value is -4.39. The minimum absolute atomic E-state index is 0.498. The molecular weight excluding hydrogens is 400 g/mol. The maximum absolute atomic E-state index is 5.32. The minimum Gasteiger partial charge on any atom is -0.497 e. The van der Waals surface area contributed by atoms with Crippen LogP contribution in [0, 0.1) is 6.92 Å². The Labute approximate surface area is 185 Å². The summed E-state index contributed by atoms with van der Waals surface area (Å²) < 4.78 is 5.32. The molecule has 0 atom stereocenters. The number of aryl methyl sites for hydroxylation is 1. The molecule has 0 amide bonds. The minimum atomic E-state index is 0.498. The number of fused-ring (bicyclic) bond motifs is 1. The number of aromatic amines is 1. The molecule has 3 aromatic carbocycles. The van der Waals surface area contributed by atoms with Crippen LogP contribution in [0.4, 0.5) is 23.1 Å². The number of para-hydroxylation sites is 2. The highest BCUT2D eigenvalue weighted by molar-refractivity contribution is 5.80. The fourth-order valence-corrected chi connectivity index (χ4v) is 3.45. The number of nitrogens with zero attached hydrogens (tertiary/aromatic N) is 3. The van der Waals surface area contributed by atoms with E-state index in [1.807, 2.05) is 79.7 Å². The van der Waals surface area contributed by atoms with Crippen LogP contribution >= 0.6 is 0 Å². The third-order valence-electron chi connectivity index (χ3n) is 5.14. The summed E-state index contributed by atoms with van der Waals surface area (Å²) in [6.45, 7) is 2.03. The van der Waals surface area contributed by atoms with E-state index >= 15 is 0 Å². The summed E-state index contributed by atoms with van der Waals surface area (Å²) in [6, 6.07) is 23.7. The summed E-state index contributed by atoms with van der Waals surface area (Å²) >= 11 is 0. The second kappa shape index (κ2) is 8.39. The Bertz CT molecular complexity index is 1360. The van der Waals surface area contributed by atoms with E-state index in [2.05, 4.69) is 30.6 Å². The molecule has 0 saturated carbocycles. The molecule has 0 aliphatic carbocycles. The number of ether oxygens (including phenoxy) is 1. The molecule has 32 heavy (non-hydrogen) atoms. The molecule has 0 saturated heterocycles. The monoisotopic (exact) mass is 422 g/mol. The Morgan fingerprint density at radius 3 is 2.66 bits per heavy atom. The number of methoxy groups -OCH3 is 1. The van der Waals surface area contributed by atoms with E-state index in [1.54, 1.807) is 13.3 Å². The molecule has 158 valence electrons. The maximum Gasteiger partial charge on any atom is 0.229 e. The van der Waals surface area contributed by atoms with Crippen LogP contribution in [0.5, 0.6) is 5.75 Å². The lowest BCUT2D eigenvalue weighted by atomic mass is 10.2. The van der Waals surface area contributed by atoms with Crippen LogP contribution in [0.2, 0.25) is 0 Å². The predicted octanol–water partition coefficient (Wildman–Crippen LogP) is 5.82. The zero-order valence-corrected chi connectivity index (χ0v) is 17.8. The molecule has 0 spiro atoms. The standard InChI is InChI=1S/C25H22N6O/c1-16-10-11-19(32-2)15-22(16)28-23-12-13-26-25(31-23)27-18-7-5-6-17(14-18)24-29-20-8-3-4-9-21(20)30-24/h3-15H,1-2H3,(H,29,30)(H2,26,27,28,31). The molecular formula is C25H22N6O. The number of imidazole rings is 1. The van der Waals surface area contributed by atoms with Crippen LogP contribution in [-0.4, -0.2) is 27.0 Å². The number of nitrogens with one attached hydrogen (secondary N) is 3. The zero-order chi connectivity index (χ0) is 21.9. The Balaban J connectivity index is 1.37. The number of aromatic nitrogens is 4. The van der Waals surface area contributed by atoms with Gasteiger partial charge in [-0.05, 0) is 48.9 Å². The summed E-state index contributed by atoms with van der Waals surface area (Å²) in [5.41, 5.74) is 5.83. The van der Waals surface area contributed by atoms with Gasteiger partial charge in [0.1, 0.15) is 17.4 Å². The molecule has 7 nitrogen and oxygen atoms in total. The normalized spacial score (nSPS) is 10.8. The lowest BCUT2D eigenvalue weighted by Crippen LogP contribution is -2.01. The number of hydrogen-bond donors (Lipinski definition) is 3. The van der Waals surface area contributed by atoms with E-state index in [0.717, 1.165) is 45.1 Å². The fourth-order valence-electron chi connectivity index (χ4n) is 3.45. The van der Waals surface area contributed by atoms with Crippen molar-refractivity contribution in [3.05, 3.63) is 84.6 Å². The second-order valence-corrected chi connectivity index (χ2v) is 7.38. The summed E-state index contributed by atoms with van der Waals surface area (Å²) in [7, 11) is 1.65. The highest BCUT2D eigenvalue weighted by Crippen LogP contribution is 2.26. The van der Waals surface area contributed by atoms with Gasteiger partial charge in [-0.15, -0.1) is 0 Å². The van der Waals surface area contributed by atoms with Crippen LogP contribution in [0.15, 0.2) is 79.0 Å². The molecule has 2 heterocycles. The van der Waals surface area contributed by atoms with Gasteiger partial charge in [0.15, 0.2) is 0 Å². The zero-order valence-electron chi connectivity index (χ0n) is 17.8. The molecule has 5 aromatic rings. The van der Waals surface area contributed by atoms with E-state index in [4.69, 9.17) is 4.74 Å². The first kappa shape index (κ1) is 19.6. The van der Waals surface area contributed by atoms with Crippen molar-refractivity contribution in [1.29, 1.82) is 0 Å². The highest BCUT2D eigenvalue weighted by atomic mass is 16.5. The maximum atomic E-state index is 5.32. The summed E-state index contributed by atoms with van der Waals surface area (Å²) in [5.74, 6) is 2.79. The van der Waals surface area contributed by atoms with Crippen molar-refractivity contribution >= 4 is 34.2 Å². The molecule has 0 unspecified atom stereocenters. The molecule has 0 bridgehead atoms. The average molecular weight is 422 g/mol. The fraction of sp³-hybridized carbons (Fsp3) is 0.0800. The third kappa shape index (κ3) is 4.09. The lowest BCUT2D eigenvalue weighted by molar-refractivity contribution is 0.415. The molecule has 0 fully saturated rings. The first-order valence-corrected chi connectivity index (χ1v) is 10.2. The van der Waals surface area contributed by atoms with Crippen LogP contribution < -0.4 is 15.4 Å². The topological polar surface area (TPSA) is 87.8 Å². The van der Waals surface area contributed by atoms with Crippen LogP contribution in [-0.2, 0) is 0 Å². The largest absolute Gasteiger partial charge is 0.497 e. The van der Waals surface area contributed by atoms with E-state index in [-0.39, 0.29) is 0 Å². The molecule has 7 heteroatoms. The number of anilines is 4. The van der Waals surface area contributed by atoms with Gasteiger partial charge < -0.3 is 20.4 Å². The van der Waals surface area contributed by atoms with Crippen molar-refractivity contribution in [3.8, 4) is 17.1 Å². The molecule has 5 rings (SSSR count). The van der Waals surface area contributed by atoms with Gasteiger partial charge >= 0.3 is 0 Å². The van der Waals surface area contributed by atoms with Crippen molar-refractivity contribution in [2.75, 3.05) is 17.7 Å². The van der Waals surface area contributed by atoms with E-state index in [1.165, 1.54) is 0 Å². The van der Waals surface area contributed by atoms with Crippen molar-refractivity contribution in [2.24, 2.45) is 0 Å². The van der Waals surface area contributed by atoms with Crippen molar-refractivity contribution in [2.45, 2.75) is 6.92 Å². The van der Waals surface area contributed by atoms with Crippen LogP contribution in [0.25, 0.3) is 22.4 Å². The number of benzene rings is 3. The van der Waals surface area contributed by atoms with Gasteiger partial charge in [0.25, 0.3) is 0 Å². The Morgan fingerprint density at radius 1 is 0.875 bits per heavy atom. The second-order valence-electron chi connectivity index (χ2n) is 7.38. The SMILES string of the molecule is COc1ccc(C)c(Nc2ccnc(Nc3cccc(-c4nc5ccccc5[nH]4)c3)n2)c1. The highest BCUT2D eigenvalue weighted by Gasteiger charge is 2.08. The van der Waals surface area contributed by atoms with Gasteiger partial charge in [-0.3, -0.25) is 0 Å². The average Bonchev–Trinajstić information content (AvgIpc) is 3.25. The summed E-state index contributed by atoms with van der Waals surface area (Å²) in [4.78, 5) is 17.0. The van der Waals surface area contributed by atoms with Gasteiger partial charge in [-0.2, -0.15) is 4.98 Å². The van der Waals surface area contributed by atoms with Gasteiger partial charge in [0.05, 0.1) is 18.1 Å². The molecule has 2 aromatic heterocycles. The third-order valence-corrected chi connectivity index (χ3v) is 5.14. The van der Waals surface area contributed by atoms with Gasteiger partial charge in [-0.1, -0.05) is 30.3 Å². The van der Waals surface area contributed by atoms with Crippen molar-refractivity contribution in [1.82, 2.24) is 19.9 Å². The van der Waals surface area contributed by atoms with Crippen molar-refractivity contribution < 1.29 is 4.74 Å². The van der Waals surface area contributed by atoms with E-state index in [0.29, 0.717) is 11.8 Å². The summed E-state index contributed by atoms with van der Waals surface area (Å²) in [6.07, 6.45) is 1.72. The van der Waals surface area contributed by atoms with Gasteiger partial charge in [-0.25, -0.2) is 9.97 Å². The number of H-pyrrole nitrogens is 1. The van der Waals surface area contributed by atoms with Gasteiger partial charge in [0, 0.05) is 29.2 Å². The van der Waals surface area contributed by atoms with Crippen molar-refractivity contribution in [3.63, 3.8) is 0 Å². The predicted molar refractivity (Wildman–Crippen MR) is 128 cm³/mol. The van der Waals surface area contributed by atoms with E-state index < -0.39 is 0 Å². The van der Waals surface area contributed by atoms with Crippen LogP contribution in [0.1, 0.15) is 5.56 Å². The smallest absolute Gasteiger partial charge is 0.229 e. The molecule has 0 aliphatic heterocycles. The number of hydrogen-bond acceptors (Lipinski definition) is 6. The quantitative estimate of drug-likeness (QED) is 0.319. The van der Waals surface area contributed by atoms with Crippen LogP contribution in [0.3, 0.4) is 0 Å².